The SMILES string of the molecule is O=c1c(-c2ccc(OS(=O)(=O)[O-])cc2)coc2cc(OS(=O)(=O)O)cc([O-])c12.[Na+].[Na+]. The van der Waals surface area contributed by atoms with E-state index >= 15 is 0 Å². The van der Waals surface area contributed by atoms with Crippen molar-refractivity contribution in [3.8, 4) is 28.4 Å². The van der Waals surface area contributed by atoms with Gasteiger partial charge in [0.1, 0.15) is 23.3 Å². The van der Waals surface area contributed by atoms with Crippen LogP contribution in [0, 0.1) is 0 Å². The third-order valence-electron chi connectivity index (χ3n) is 3.38. The second-order valence-electron chi connectivity index (χ2n) is 5.30. The Balaban J connectivity index is 0.00000225. The van der Waals surface area contributed by atoms with Crippen LogP contribution in [0.1, 0.15) is 0 Å². The third-order valence-corrected chi connectivity index (χ3v) is 4.18. The molecule has 0 radical (unpaired) electrons. The van der Waals surface area contributed by atoms with Gasteiger partial charge in [0.25, 0.3) is 10.4 Å². The molecule has 0 bridgehead atoms. The van der Waals surface area contributed by atoms with Gasteiger partial charge in [0, 0.05) is 6.07 Å². The van der Waals surface area contributed by atoms with Gasteiger partial charge in [0.05, 0.1) is 10.9 Å². The Morgan fingerprint density at radius 3 is 2.07 bits per heavy atom. The molecule has 0 fully saturated rings. The standard InChI is InChI=1S/C15H10O11S2.2Na/c16-12-5-10(26-28(21,22)23)6-13-14(12)15(17)11(7-24-13)8-1-3-9(4-2-8)25-27(18,19)20;;/h1-7,16H,(H,18,19,20)(H,21,22,23);;/q;2*+1/p-2. The van der Waals surface area contributed by atoms with Gasteiger partial charge in [-0.15, -0.1) is 0 Å². The average molecular weight is 474 g/mol. The molecule has 0 saturated heterocycles. The van der Waals surface area contributed by atoms with E-state index in [1.165, 1.54) is 12.1 Å². The molecule has 0 amide bonds. The van der Waals surface area contributed by atoms with Crippen LogP contribution >= 0.6 is 0 Å². The topological polar surface area (TPSA) is 183 Å². The van der Waals surface area contributed by atoms with Gasteiger partial charge in [-0.1, -0.05) is 17.9 Å². The van der Waals surface area contributed by atoms with E-state index in [9.17, 15) is 31.3 Å². The van der Waals surface area contributed by atoms with Gasteiger partial charge in [-0.3, -0.25) is 9.35 Å². The minimum Gasteiger partial charge on any atom is -0.872 e. The first kappa shape index (κ1) is 26.9. The maximum absolute atomic E-state index is 12.6. The summed E-state index contributed by atoms with van der Waals surface area (Å²) in [6, 6.07) is 6.39. The fraction of sp³-hybridized carbons (Fsp3) is 0. The summed E-state index contributed by atoms with van der Waals surface area (Å²) in [6.07, 6.45) is 0.988. The minimum atomic E-state index is -4.96. The van der Waals surface area contributed by atoms with E-state index in [0.29, 0.717) is 6.07 Å². The van der Waals surface area contributed by atoms with Crippen molar-refractivity contribution in [2.75, 3.05) is 0 Å². The molecule has 11 nitrogen and oxygen atoms in total. The summed E-state index contributed by atoms with van der Waals surface area (Å²) >= 11 is 0. The normalized spacial score (nSPS) is 11.3. The average Bonchev–Trinajstić information content (AvgIpc) is 2.52. The Hall–Kier alpha value is -1.13. The van der Waals surface area contributed by atoms with E-state index in [-0.39, 0.29) is 81.6 Å². The summed E-state index contributed by atoms with van der Waals surface area (Å²) in [7, 11) is -9.84. The zero-order valence-corrected chi connectivity index (χ0v) is 21.0. The smallest absolute Gasteiger partial charge is 0.872 e. The zero-order valence-electron chi connectivity index (χ0n) is 15.4. The van der Waals surface area contributed by atoms with Gasteiger partial charge >= 0.3 is 69.5 Å². The van der Waals surface area contributed by atoms with Crippen molar-refractivity contribution in [2.45, 2.75) is 0 Å². The maximum Gasteiger partial charge on any atom is 1.00 e. The molecule has 3 aromatic rings. The summed E-state index contributed by atoms with van der Waals surface area (Å²) in [4.78, 5) is 12.6. The number of fused-ring (bicyclic) bond motifs is 1. The number of benzene rings is 2. The molecule has 1 heterocycles. The molecule has 1 N–H and O–H groups in total. The van der Waals surface area contributed by atoms with Crippen molar-refractivity contribution >= 4 is 31.8 Å². The number of rotatable bonds is 5. The van der Waals surface area contributed by atoms with E-state index in [4.69, 9.17) is 8.97 Å². The largest absolute Gasteiger partial charge is 1.00 e. The first-order valence-corrected chi connectivity index (χ1v) is 9.82. The Morgan fingerprint density at radius 1 is 0.933 bits per heavy atom. The molecule has 30 heavy (non-hydrogen) atoms. The number of hydrogen-bond donors (Lipinski definition) is 1. The van der Waals surface area contributed by atoms with E-state index < -0.39 is 43.1 Å². The molecule has 0 atom stereocenters. The molecule has 15 heteroatoms. The summed E-state index contributed by atoms with van der Waals surface area (Å²) in [5.41, 5.74) is -0.874. The van der Waals surface area contributed by atoms with E-state index in [2.05, 4.69) is 8.37 Å². The maximum atomic E-state index is 12.6. The minimum absolute atomic E-state index is 0. The van der Waals surface area contributed by atoms with Gasteiger partial charge in [-0.25, -0.2) is 8.42 Å². The molecule has 3 rings (SSSR count). The van der Waals surface area contributed by atoms with Gasteiger partial charge in [0.2, 0.25) is 0 Å². The fourth-order valence-corrected chi connectivity index (χ4v) is 3.06. The quantitative estimate of drug-likeness (QED) is 0.211. The van der Waals surface area contributed by atoms with Gasteiger partial charge in [-0.2, -0.15) is 8.42 Å². The molecule has 0 aliphatic rings. The van der Waals surface area contributed by atoms with E-state index in [1.807, 2.05) is 0 Å². The Labute approximate surface area is 214 Å². The van der Waals surface area contributed by atoms with Gasteiger partial charge < -0.3 is 22.4 Å². The van der Waals surface area contributed by atoms with Crippen LogP contribution in [0.25, 0.3) is 22.1 Å². The van der Waals surface area contributed by atoms with Crippen LogP contribution in [-0.4, -0.2) is 25.9 Å². The zero-order chi connectivity index (χ0) is 20.7. The molecule has 0 aliphatic heterocycles. The predicted octanol–water partition coefficient (Wildman–Crippen LogP) is -5.44. The molecule has 0 saturated carbocycles. The van der Waals surface area contributed by atoms with Crippen molar-refractivity contribution in [2.24, 2.45) is 0 Å². The van der Waals surface area contributed by atoms with Crippen LogP contribution in [0.3, 0.4) is 0 Å². The van der Waals surface area contributed by atoms with E-state index in [0.717, 1.165) is 24.5 Å². The van der Waals surface area contributed by atoms with Crippen LogP contribution < -0.4 is 78.0 Å². The second-order valence-corrected chi connectivity index (χ2v) is 7.31. The van der Waals surface area contributed by atoms with Crippen molar-refractivity contribution in [1.82, 2.24) is 0 Å². The molecule has 2 aromatic carbocycles. The monoisotopic (exact) mass is 474 g/mol. The molecule has 148 valence electrons. The Bertz CT molecular complexity index is 1330. The van der Waals surface area contributed by atoms with Crippen LogP contribution in [0.4, 0.5) is 0 Å². The predicted molar refractivity (Wildman–Crippen MR) is 89.9 cm³/mol. The summed E-state index contributed by atoms with van der Waals surface area (Å²) in [5, 5.41) is 11.8. The van der Waals surface area contributed by atoms with Gasteiger partial charge in [-0.05, 0) is 23.8 Å². The molecule has 0 unspecified atom stereocenters. The summed E-state index contributed by atoms with van der Waals surface area (Å²) in [5.74, 6) is -1.74. The first-order chi connectivity index (χ1) is 12.9. The second kappa shape index (κ2) is 9.99. The van der Waals surface area contributed by atoms with Crippen LogP contribution in [0.5, 0.6) is 17.2 Å². The summed E-state index contributed by atoms with van der Waals surface area (Å²) in [6.45, 7) is 0. The fourth-order valence-electron chi connectivity index (χ4n) is 2.37. The molecular formula is C15H8Na2O11S2. The molecule has 1 aromatic heterocycles. The summed E-state index contributed by atoms with van der Waals surface area (Å²) < 4.78 is 75.4. The van der Waals surface area contributed by atoms with E-state index in [1.54, 1.807) is 0 Å². The van der Waals surface area contributed by atoms with Crippen LogP contribution in [-0.2, 0) is 20.8 Å². The molecule has 0 aliphatic carbocycles. The molecule has 0 spiro atoms. The molecular weight excluding hydrogens is 466 g/mol. The van der Waals surface area contributed by atoms with Gasteiger partial charge in [0.15, 0.2) is 5.43 Å². The van der Waals surface area contributed by atoms with Crippen molar-refractivity contribution in [1.29, 1.82) is 0 Å². The Morgan fingerprint density at radius 2 is 1.53 bits per heavy atom. The van der Waals surface area contributed by atoms with Crippen molar-refractivity contribution in [3.05, 3.63) is 52.9 Å². The van der Waals surface area contributed by atoms with Crippen molar-refractivity contribution < 1.29 is 103 Å². The Kier molecular flexibility index (Phi) is 8.96. The first-order valence-electron chi connectivity index (χ1n) is 7.12. The van der Waals surface area contributed by atoms with Crippen LogP contribution in [0.15, 0.2) is 51.9 Å². The van der Waals surface area contributed by atoms with Crippen molar-refractivity contribution in [3.63, 3.8) is 0 Å². The third kappa shape index (κ3) is 6.68. The van der Waals surface area contributed by atoms with Crippen LogP contribution in [0.2, 0.25) is 0 Å². The number of hydrogen-bond acceptors (Lipinski definition) is 10.